The molecule has 0 aliphatic carbocycles. The Labute approximate surface area is 102 Å². The van der Waals surface area contributed by atoms with E-state index in [4.69, 9.17) is 10.8 Å². The second kappa shape index (κ2) is 5.57. The van der Waals surface area contributed by atoms with Crippen LogP contribution in [0.4, 0.5) is 13.2 Å². The van der Waals surface area contributed by atoms with Crippen molar-refractivity contribution in [2.75, 3.05) is 6.61 Å². The Kier molecular flexibility index (Phi) is 5.25. The van der Waals surface area contributed by atoms with Gasteiger partial charge in [0.2, 0.25) is 0 Å². The molecule has 1 atom stereocenters. The maximum atomic E-state index is 13.1. The first-order chi connectivity index (χ1) is 7.31. The smallest absolute Gasteiger partial charge is 0.289 e. The minimum absolute atomic E-state index is 0. The van der Waals surface area contributed by atoms with Gasteiger partial charge in [-0.15, -0.1) is 12.4 Å². The van der Waals surface area contributed by atoms with Crippen LogP contribution in [-0.2, 0) is 0 Å². The molecule has 0 fully saturated rings. The van der Waals surface area contributed by atoms with Gasteiger partial charge in [-0.1, -0.05) is 6.07 Å². The molecule has 0 bridgehead atoms. The number of hydrogen-bond donors (Lipinski definition) is 3. The van der Waals surface area contributed by atoms with Crippen molar-refractivity contribution in [3.05, 3.63) is 29.1 Å². The fourth-order valence-corrected chi connectivity index (χ4v) is 1.38. The van der Waals surface area contributed by atoms with Gasteiger partial charge >= 0.3 is 0 Å². The molecule has 17 heavy (non-hydrogen) atoms. The van der Waals surface area contributed by atoms with Crippen molar-refractivity contribution in [3.63, 3.8) is 0 Å². The highest BCUT2D eigenvalue weighted by molar-refractivity contribution is 5.85. The number of aryl methyl sites for hydroxylation is 1. The number of aliphatic hydroxyl groups is 1. The number of hydrogen-bond acceptors (Lipinski definition) is 3. The van der Waals surface area contributed by atoms with Crippen LogP contribution < -0.4 is 5.73 Å². The molecule has 0 saturated heterocycles. The van der Waals surface area contributed by atoms with E-state index < -0.39 is 30.1 Å². The SMILES string of the molecule is Cc1ccc(F)c(O)c1[C@@H](N)C(F)(F)CO.Cl. The van der Waals surface area contributed by atoms with Crippen molar-refractivity contribution in [2.45, 2.75) is 18.9 Å². The van der Waals surface area contributed by atoms with Gasteiger partial charge in [0.05, 0.1) is 0 Å². The van der Waals surface area contributed by atoms with Crippen LogP contribution in [0.15, 0.2) is 12.1 Å². The number of alkyl halides is 2. The maximum absolute atomic E-state index is 13.1. The standard InChI is InChI=1S/C10H12F3NO2.ClH/c1-5-2-3-6(11)8(16)7(5)9(14)10(12,13)4-15;/h2-3,9,15-16H,4,14H2,1H3;1H/t9-;/m1./s1. The number of aliphatic hydroxyl groups excluding tert-OH is 1. The molecule has 98 valence electrons. The molecule has 0 aliphatic rings. The molecule has 0 heterocycles. The van der Waals surface area contributed by atoms with Gasteiger partial charge in [-0.05, 0) is 18.6 Å². The van der Waals surface area contributed by atoms with E-state index in [0.29, 0.717) is 0 Å². The lowest BCUT2D eigenvalue weighted by molar-refractivity contribution is -0.0718. The van der Waals surface area contributed by atoms with E-state index in [2.05, 4.69) is 0 Å². The normalized spacial score (nSPS) is 13.1. The van der Waals surface area contributed by atoms with Gasteiger partial charge in [-0.3, -0.25) is 0 Å². The van der Waals surface area contributed by atoms with Crippen LogP contribution in [0, 0.1) is 12.7 Å². The highest BCUT2D eigenvalue weighted by atomic mass is 35.5. The van der Waals surface area contributed by atoms with E-state index in [0.717, 1.165) is 6.07 Å². The second-order valence-electron chi connectivity index (χ2n) is 3.52. The molecule has 0 spiro atoms. The Hall–Kier alpha value is -0.980. The molecule has 0 radical (unpaired) electrons. The molecule has 0 aromatic heterocycles. The van der Waals surface area contributed by atoms with Crippen LogP contribution in [0.1, 0.15) is 17.2 Å². The minimum Gasteiger partial charge on any atom is -0.505 e. The molecule has 0 unspecified atom stereocenters. The molecule has 4 N–H and O–H groups in total. The first kappa shape index (κ1) is 16.0. The van der Waals surface area contributed by atoms with Crippen LogP contribution in [-0.4, -0.2) is 22.7 Å². The van der Waals surface area contributed by atoms with E-state index in [1.54, 1.807) is 0 Å². The summed E-state index contributed by atoms with van der Waals surface area (Å²) in [6, 6.07) is 0.239. The molecule has 1 rings (SSSR count). The number of rotatable bonds is 3. The second-order valence-corrected chi connectivity index (χ2v) is 3.52. The average molecular weight is 272 g/mol. The Morgan fingerprint density at radius 1 is 1.41 bits per heavy atom. The topological polar surface area (TPSA) is 66.5 Å². The Morgan fingerprint density at radius 3 is 2.41 bits per heavy atom. The Morgan fingerprint density at radius 2 is 1.94 bits per heavy atom. The van der Waals surface area contributed by atoms with Crippen molar-refractivity contribution in [3.8, 4) is 5.75 Å². The van der Waals surface area contributed by atoms with Crippen LogP contribution in [0.25, 0.3) is 0 Å². The van der Waals surface area contributed by atoms with E-state index in [1.165, 1.54) is 13.0 Å². The molecular formula is C10H13ClF3NO2. The molecular weight excluding hydrogens is 259 g/mol. The average Bonchev–Trinajstić information content (AvgIpc) is 2.24. The Balaban J connectivity index is 0.00000256. The van der Waals surface area contributed by atoms with Crippen LogP contribution in [0.5, 0.6) is 5.75 Å². The number of phenolic OH excluding ortho intramolecular Hbond substituents is 1. The van der Waals surface area contributed by atoms with E-state index in [1.807, 2.05) is 0 Å². The molecule has 1 aromatic carbocycles. The number of phenols is 1. The number of benzene rings is 1. The lowest BCUT2D eigenvalue weighted by Crippen LogP contribution is -2.36. The highest BCUT2D eigenvalue weighted by Crippen LogP contribution is 2.36. The number of nitrogens with two attached hydrogens (primary N) is 1. The monoisotopic (exact) mass is 271 g/mol. The highest BCUT2D eigenvalue weighted by Gasteiger charge is 2.39. The van der Waals surface area contributed by atoms with E-state index in [-0.39, 0.29) is 23.5 Å². The lowest BCUT2D eigenvalue weighted by atomic mass is 9.96. The van der Waals surface area contributed by atoms with Gasteiger partial charge in [0, 0.05) is 5.56 Å². The third kappa shape index (κ3) is 3.02. The molecule has 3 nitrogen and oxygen atoms in total. The van der Waals surface area contributed by atoms with Crippen molar-refractivity contribution in [1.29, 1.82) is 0 Å². The largest absolute Gasteiger partial charge is 0.505 e. The summed E-state index contributed by atoms with van der Waals surface area (Å²) < 4.78 is 39.2. The third-order valence-electron chi connectivity index (χ3n) is 2.36. The summed E-state index contributed by atoms with van der Waals surface area (Å²) in [5.41, 5.74) is 5.06. The number of aromatic hydroxyl groups is 1. The predicted molar refractivity (Wildman–Crippen MR) is 59.0 cm³/mol. The zero-order valence-electron chi connectivity index (χ0n) is 8.95. The van der Waals surface area contributed by atoms with Crippen molar-refractivity contribution in [2.24, 2.45) is 5.73 Å². The van der Waals surface area contributed by atoms with Crippen molar-refractivity contribution in [1.82, 2.24) is 0 Å². The lowest BCUT2D eigenvalue weighted by Gasteiger charge is -2.24. The van der Waals surface area contributed by atoms with Crippen LogP contribution in [0.2, 0.25) is 0 Å². The zero-order valence-corrected chi connectivity index (χ0v) is 9.77. The quantitative estimate of drug-likeness (QED) is 0.786. The van der Waals surface area contributed by atoms with Crippen LogP contribution >= 0.6 is 12.4 Å². The van der Waals surface area contributed by atoms with Gasteiger partial charge in [-0.25, -0.2) is 13.2 Å². The maximum Gasteiger partial charge on any atom is 0.289 e. The predicted octanol–water partition coefficient (Wildman–Crippen LogP) is 1.89. The molecule has 0 amide bonds. The number of halogens is 4. The fraction of sp³-hybridized carbons (Fsp3) is 0.400. The van der Waals surface area contributed by atoms with Gasteiger partial charge in [0.1, 0.15) is 12.6 Å². The van der Waals surface area contributed by atoms with Crippen molar-refractivity contribution >= 4 is 12.4 Å². The first-order valence-electron chi connectivity index (χ1n) is 4.53. The summed E-state index contributed by atoms with van der Waals surface area (Å²) in [5, 5.41) is 17.8. The molecule has 0 aliphatic heterocycles. The summed E-state index contributed by atoms with van der Waals surface area (Å²) in [4.78, 5) is 0. The summed E-state index contributed by atoms with van der Waals surface area (Å²) in [6.07, 6.45) is 0. The van der Waals surface area contributed by atoms with Gasteiger partial charge in [-0.2, -0.15) is 0 Å². The summed E-state index contributed by atoms with van der Waals surface area (Å²) in [7, 11) is 0. The van der Waals surface area contributed by atoms with Gasteiger partial charge < -0.3 is 15.9 Å². The Bertz CT molecular complexity index is 401. The third-order valence-corrected chi connectivity index (χ3v) is 2.36. The summed E-state index contributed by atoms with van der Waals surface area (Å²) in [5.74, 6) is -5.54. The summed E-state index contributed by atoms with van der Waals surface area (Å²) >= 11 is 0. The van der Waals surface area contributed by atoms with E-state index >= 15 is 0 Å². The first-order valence-corrected chi connectivity index (χ1v) is 4.53. The summed E-state index contributed by atoms with van der Waals surface area (Å²) in [6.45, 7) is -0.0502. The minimum atomic E-state index is -3.62. The zero-order chi connectivity index (χ0) is 12.5. The fourth-order valence-electron chi connectivity index (χ4n) is 1.38. The molecule has 1 aromatic rings. The molecule has 7 heteroatoms. The molecule has 0 saturated carbocycles. The van der Waals surface area contributed by atoms with Crippen LogP contribution in [0.3, 0.4) is 0 Å². The van der Waals surface area contributed by atoms with E-state index in [9.17, 15) is 18.3 Å². The van der Waals surface area contributed by atoms with Gasteiger partial charge in [0.25, 0.3) is 5.92 Å². The van der Waals surface area contributed by atoms with Crippen molar-refractivity contribution < 1.29 is 23.4 Å². The van der Waals surface area contributed by atoms with Gasteiger partial charge in [0.15, 0.2) is 11.6 Å².